The van der Waals surface area contributed by atoms with Crippen LogP contribution in [0.1, 0.15) is 38.8 Å². The molecule has 120 valence electrons. The predicted molar refractivity (Wildman–Crippen MR) is 85.1 cm³/mol. The molecule has 0 aliphatic carbocycles. The Kier molecular flexibility index (Phi) is 5.45. The van der Waals surface area contributed by atoms with Crippen LogP contribution in [-0.2, 0) is 9.59 Å². The number of halogens is 1. The van der Waals surface area contributed by atoms with E-state index in [2.05, 4.69) is 10.6 Å². The summed E-state index contributed by atoms with van der Waals surface area (Å²) in [5, 5.41) is 5.63. The number of hydrogen-bond donors (Lipinski definition) is 2. The van der Waals surface area contributed by atoms with Crippen LogP contribution in [0.5, 0.6) is 0 Å². The van der Waals surface area contributed by atoms with E-state index >= 15 is 0 Å². The van der Waals surface area contributed by atoms with Gasteiger partial charge in [0.25, 0.3) is 0 Å². The maximum Gasteiger partial charge on any atom is 0.243 e. The quantitative estimate of drug-likeness (QED) is 0.895. The molecule has 0 saturated carbocycles. The van der Waals surface area contributed by atoms with Crippen LogP contribution in [-0.4, -0.2) is 23.6 Å². The molecule has 1 aromatic carbocycles. The maximum absolute atomic E-state index is 13.5. The molecule has 0 aromatic heterocycles. The van der Waals surface area contributed by atoms with Gasteiger partial charge in [-0.3, -0.25) is 9.59 Å². The Balaban J connectivity index is 2.15. The van der Waals surface area contributed by atoms with Gasteiger partial charge in [-0.15, -0.1) is 11.8 Å². The first kappa shape index (κ1) is 16.8. The summed E-state index contributed by atoms with van der Waals surface area (Å²) in [6.07, 6.45) is 0.748. The van der Waals surface area contributed by atoms with E-state index in [9.17, 15) is 14.0 Å². The molecule has 0 fully saturated rings. The third kappa shape index (κ3) is 4.00. The normalized spacial score (nSPS) is 18.5. The highest BCUT2D eigenvalue weighted by molar-refractivity contribution is 7.99. The first-order chi connectivity index (χ1) is 10.4. The average Bonchev–Trinajstić information content (AvgIpc) is 2.44. The third-order valence-electron chi connectivity index (χ3n) is 3.64. The van der Waals surface area contributed by atoms with Gasteiger partial charge in [0.05, 0.1) is 6.04 Å². The summed E-state index contributed by atoms with van der Waals surface area (Å²) in [6, 6.07) is 3.87. The second-order valence-electron chi connectivity index (χ2n) is 5.80. The van der Waals surface area contributed by atoms with Crippen LogP contribution in [0.25, 0.3) is 0 Å². The molecule has 1 aliphatic rings. The first-order valence-electron chi connectivity index (χ1n) is 7.38. The highest BCUT2D eigenvalue weighted by Crippen LogP contribution is 2.36. The molecule has 1 heterocycles. The van der Waals surface area contributed by atoms with Crippen LogP contribution in [0.4, 0.5) is 4.39 Å². The number of amides is 2. The second kappa shape index (κ2) is 7.13. The van der Waals surface area contributed by atoms with Gasteiger partial charge in [-0.25, -0.2) is 4.39 Å². The lowest BCUT2D eigenvalue weighted by atomic mass is 10.00. The van der Waals surface area contributed by atoms with E-state index in [1.165, 1.54) is 19.1 Å². The Bertz CT molecular complexity index is 577. The first-order valence-corrected chi connectivity index (χ1v) is 8.36. The third-order valence-corrected chi connectivity index (χ3v) is 4.76. The molecule has 0 bridgehead atoms. The number of hydrogen-bond acceptors (Lipinski definition) is 3. The Hall–Kier alpha value is -1.56. The molecular weight excluding hydrogens is 303 g/mol. The number of thioether (sulfide) groups is 1. The maximum atomic E-state index is 13.5. The number of benzene rings is 1. The number of carbonyl (C=O) groups excluding carboxylic acids is 2. The van der Waals surface area contributed by atoms with Crippen LogP contribution >= 0.6 is 11.8 Å². The van der Waals surface area contributed by atoms with Gasteiger partial charge in [-0.2, -0.15) is 0 Å². The molecule has 2 N–H and O–H groups in total. The highest BCUT2D eigenvalue weighted by Gasteiger charge is 2.28. The van der Waals surface area contributed by atoms with Crippen molar-refractivity contribution in [3.05, 3.63) is 29.6 Å². The lowest BCUT2D eigenvalue weighted by molar-refractivity contribution is -0.129. The Morgan fingerprint density at radius 2 is 2.09 bits per heavy atom. The molecule has 2 atom stereocenters. The number of carbonyl (C=O) groups is 2. The fraction of sp³-hybridized carbons (Fsp3) is 0.500. The summed E-state index contributed by atoms with van der Waals surface area (Å²) in [5.74, 6) is 0.0872. The molecule has 1 aromatic rings. The van der Waals surface area contributed by atoms with Crippen LogP contribution in [0.15, 0.2) is 23.1 Å². The lowest BCUT2D eigenvalue weighted by Gasteiger charge is -2.29. The van der Waals surface area contributed by atoms with Gasteiger partial charge in [0.1, 0.15) is 11.9 Å². The van der Waals surface area contributed by atoms with Gasteiger partial charge < -0.3 is 10.6 Å². The van der Waals surface area contributed by atoms with Crippen molar-refractivity contribution in [1.29, 1.82) is 0 Å². The van der Waals surface area contributed by atoms with Crippen molar-refractivity contribution in [3.63, 3.8) is 0 Å². The van der Waals surface area contributed by atoms with Crippen LogP contribution < -0.4 is 10.6 Å². The molecular formula is C16H21FN2O2S. The average molecular weight is 324 g/mol. The monoisotopic (exact) mass is 324 g/mol. The lowest BCUT2D eigenvalue weighted by Crippen LogP contribution is -2.50. The minimum Gasteiger partial charge on any atom is -0.347 e. The van der Waals surface area contributed by atoms with E-state index in [-0.39, 0.29) is 29.6 Å². The summed E-state index contributed by atoms with van der Waals surface area (Å²) < 4.78 is 13.5. The second-order valence-corrected chi connectivity index (χ2v) is 6.94. The van der Waals surface area contributed by atoms with E-state index in [0.29, 0.717) is 0 Å². The fourth-order valence-electron chi connectivity index (χ4n) is 2.53. The molecule has 0 saturated heterocycles. The van der Waals surface area contributed by atoms with Crippen molar-refractivity contribution in [3.8, 4) is 0 Å². The summed E-state index contributed by atoms with van der Waals surface area (Å²) in [7, 11) is 0. The van der Waals surface area contributed by atoms with Gasteiger partial charge >= 0.3 is 0 Å². The van der Waals surface area contributed by atoms with Gasteiger partial charge in [-0.1, -0.05) is 13.8 Å². The molecule has 2 unspecified atom stereocenters. The van der Waals surface area contributed by atoms with Crippen molar-refractivity contribution in [2.75, 3.05) is 5.75 Å². The standard InChI is InChI=1S/C16H21FN2O2S/c1-9(2)15(18-10(3)20)16(21)19-13-6-7-22-14-5-4-11(17)8-12(13)14/h4-5,8-9,13,15H,6-7H2,1-3H3,(H,18,20)(H,19,21). The largest absolute Gasteiger partial charge is 0.347 e. The molecule has 6 heteroatoms. The van der Waals surface area contributed by atoms with Crippen LogP contribution in [0.2, 0.25) is 0 Å². The zero-order chi connectivity index (χ0) is 16.3. The summed E-state index contributed by atoms with van der Waals surface area (Å²) in [6.45, 7) is 5.15. The zero-order valence-corrected chi connectivity index (χ0v) is 13.8. The molecule has 2 rings (SSSR count). The molecule has 0 radical (unpaired) electrons. The van der Waals surface area contributed by atoms with Crippen LogP contribution in [0, 0.1) is 11.7 Å². The summed E-state index contributed by atoms with van der Waals surface area (Å²) in [5.41, 5.74) is 0.815. The molecule has 2 amide bonds. The van der Waals surface area contributed by atoms with Crippen molar-refractivity contribution in [2.45, 2.75) is 44.2 Å². The van der Waals surface area contributed by atoms with Crippen molar-refractivity contribution < 1.29 is 14.0 Å². The summed E-state index contributed by atoms with van der Waals surface area (Å²) in [4.78, 5) is 24.7. The molecule has 0 spiro atoms. The molecule has 22 heavy (non-hydrogen) atoms. The Morgan fingerprint density at radius 3 is 2.73 bits per heavy atom. The fourth-order valence-corrected chi connectivity index (χ4v) is 3.64. The Labute approximate surface area is 134 Å². The summed E-state index contributed by atoms with van der Waals surface area (Å²) >= 11 is 1.67. The van der Waals surface area contributed by atoms with Crippen LogP contribution in [0.3, 0.4) is 0 Å². The van der Waals surface area contributed by atoms with Gasteiger partial charge in [0.2, 0.25) is 11.8 Å². The predicted octanol–water partition coefficient (Wildman–Crippen LogP) is 2.64. The minimum atomic E-state index is -0.580. The van der Waals surface area contributed by atoms with E-state index in [0.717, 1.165) is 22.6 Å². The van der Waals surface area contributed by atoms with E-state index in [4.69, 9.17) is 0 Å². The highest BCUT2D eigenvalue weighted by atomic mass is 32.2. The van der Waals surface area contributed by atoms with Gasteiger partial charge in [-0.05, 0) is 36.1 Å². The van der Waals surface area contributed by atoms with E-state index in [1.54, 1.807) is 17.8 Å². The van der Waals surface area contributed by atoms with Crippen molar-refractivity contribution >= 4 is 23.6 Å². The van der Waals surface area contributed by atoms with Gasteiger partial charge in [0, 0.05) is 17.6 Å². The van der Waals surface area contributed by atoms with E-state index in [1.807, 2.05) is 13.8 Å². The van der Waals surface area contributed by atoms with Crippen molar-refractivity contribution in [1.82, 2.24) is 10.6 Å². The number of fused-ring (bicyclic) bond motifs is 1. The SMILES string of the molecule is CC(=O)NC(C(=O)NC1CCSc2ccc(F)cc21)C(C)C. The minimum absolute atomic E-state index is 0.0196. The smallest absolute Gasteiger partial charge is 0.243 e. The topological polar surface area (TPSA) is 58.2 Å². The number of nitrogens with one attached hydrogen (secondary N) is 2. The zero-order valence-electron chi connectivity index (χ0n) is 13.0. The van der Waals surface area contributed by atoms with E-state index < -0.39 is 6.04 Å². The molecule has 1 aliphatic heterocycles. The molecule has 4 nitrogen and oxygen atoms in total. The number of rotatable bonds is 4. The van der Waals surface area contributed by atoms with Gasteiger partial charge in [0.15, 0.2) is 0 Å². The van der Waals surface area contributed by atoms with Crippen molar-refractivity contribution in [2.24, 2.45) is 5.92 Å². The Morgan fingerprint density at radius 1 is 1.36 bits per heavy atom.